The number of amides is 1. The standard InChI is InChI=1S/C16H22ClN3O/c1-10(20(13-5-6-13)9-11-2-3-11)16(21)19-15-8-12(17)4-7-14(15)18/h4,7-8,10-11,13H,2-3,5-6,9,18H2,1H3,(H,19,21). The third kappa shape index (κ3) is 3.69. The zero-order valence-electron chi connectivity index (χ0n) is 12.3. The van der Waals surface area contributed by atoms with E-state index in [4.69, 9.17) is 17.3 Å². The SMILES string of the molecule is CC(C(=O)Nc1cc(Cl)ccc1N)N(CC1CC1)C1CC1. The molecule has 4 nitrogen and oxygen atoms in total. The van der Waals surface area contributed by atoms with Crippen LogP contribution >= 0.6 is 11.6 Å². The highest BCUT2D eigenvalue weighted by molar-refractivity contribution is 6.31. The normalized spacial score (nSPS) is 19.6. The van der Waals surface area contributed by atoms with Gasteiger partial charge in [0, 0.05) is 17.6 Å². The fraction of sp³-hybridized carbons (Fsp3) is 0.562. The van der Waals surface area contributed by atoms with Crippen molar-refractivity contribution in [3.8, 4) is 0 Å². The summed E-state index contributed by atoms with van der Waals surface area (Å²) in [6.07, 6.45) is 5.03. The fourth-order valence-corrected chi connectivity index (χ4v) is 2.82. The summed E-state index contributed by atoms with van der Waals surface area (Å²) in [4.78, 5) is 14.9. The molecule has 2 saturated carbocycles. The second-order valence-corrected chi connectivity index (χ2v) is 6.70. The molecule has 21 heavy (non-hydrogen) atoms. The lowest BCUT2D eigenvalue weighted by Crippen LogP contribution is -2.44. The van der Waals surface area contributed by atoms with Gasteiger partial charge in [-0.15, -0.1) is 0 Å². The van der Waals surface area contributed by atoms with Crippen molar-refractivity contribution >= 4 is 28.9 Å². The smallest absolute Gasteiger partial charge is 0.241 e. The summed E-state index contributed by atoms with van der Waals surface area (Å²) in [5.74, 6) is 0.786. The lowest BCUT2D eigenvalue weighted by Gasteiger charge is -2.28. The molecule has 2 fully saturated rings. The van der Waals surface area contributed by atoms with E-state index in [1.807, 2.05) is 6.92 Å². The summed E-state index contributed by atoms with van der Waals surface area (Å²) in [7, 11) is 0. The van der Waals surface area contributed by atoms with Gasteiger partial charge in [-0.1, -0.05) is 11.6 Å². The minimum atomic E-state index is -0.128. The maximum atomic E-state index is 12.5. The van der Waals surface area contributed by atoms with Gasteiger partial charge in [-0.25, -0.2) is 0 Å². The Bertz CT molecular complexity index is 540. The first-order valence-corrected chi connectivity index (χ1v) is 8.04. The number of carbonyl (C=O) groups is 1. The van der Waals surface area contributed by atoms with Crippen LogP contribution in [0.1, 0.15) is 32.6 Å². The molecule has 3 N–H and O–H groups in total. The van der Waals surface area contributed by atoms with Crippen LogP contribution in [0.25, 0.3) is 0 Å². The second kappa shape index (κ2) is 5.85. The number of hydrogen-bond donors (Lipinski definition) is 2. The van der Waals surface area contributed by atoms with Crippen LogP contribution in [0.5, 0.6) is 0 Å². The van der Waals surface area contributed by atoms with Gasteiger partial charge in [0.1, 0.15) is 0 Å². The third-order valence-electron chi connectivity index (χ3n) is 4.33. The van der Waals surface area contributed by atoms with Crippen molar-refractivity contribution in [3.05, 3.63) is 23.2 Å². The number of nitrogens with one attached hydrogen (secondary N) is 1. The van der Waals surface area contributed by atoms with Gasteiger partial charge in [0.15, 0.2) is 0 Å². The van der Waals surface area contributed by atoms with Gasteiger partial charge >= 0.3 is 0 Å². The Morgan fingerprint density at radius 3 is 2.76 bits per heavy atom. The molecule has 0 saturated heterocycles. The highest BCUT2D eigenvalue weighted by Gasteiger charge is 2.38. The molecule has 0 aliphatic heterocycles. The molecule has 1 atom stereocenters. The second-order valence-electron chi connectivity index (χ2n) is 6.27. The largest absolute Gasteiger partial charge is 0.397 e. The highest BCUT2D eigenvalue weighted by atomic mass is 35.5. The molecule has 2 aliphatic carbocycles. The van der Waals surface area contributed by atoms with Crippen molar-refractivity contribution in [3.63, 3.8) is 0 Å². The molecule has 3 rings (SSSR count). The number of nitrogens with zero attached hydrogens (tertiary/aromatic N) is 1. The van der Waals surface area contributed by atoms with E-state index in [9.17, 15) is 4.79 Å². The first-order chi connectivity index (χ1) is 10.0. The van der Waals surface area contributed by atoms with E-state index < -0.39 is 0 Å². The van der Waals surface area contributed by atoms with Crippen molar-refractivity contribution in [2.24, 2.45) is 5.92 Å². The Balaban J connectivity index is 1.66. The number of nitrogen functional groups attached to an aromatic ring is 1. The van der Waals surface area contributed by atoms with Crippen molar-refractivity contribution in [2.75, 3.05) is 17.6 Å². The van der Waals surface area contributed by atoms with Gasteiger partial charge in [-0.05, 0) is 56.7 Å². The van der Waals surface area contributed by atoms with Crippen LogP contribution < -0.4 is 11.1 Å². The summed E-state index contributed by atoms with van der Waals surface area (Å²) >= 11 is 5.96. The summed E-state index contributed by atoms with van der Waals surface area (Å²) in [6.45, 7) is 3.03. The molecular weight excluding hydrogens is 286 g/mol. The minimum absolute atomic E-state index is 0.00323. The van der Waals surface area contributed by atoms with Gasteiger partial charge in [0.25, 0.3) is 0 Å². The molecule has 0 bridgehead atoms. The molecule has 0 heterocycles. The van der Waals surface area contributed by atoms with Gasteiger partial charge in [-0.3, -0.25) is 9.69 Å². The molecule has 0 aromatic heterocycles. The topological polar surface area (TPSA) is 58.4 Å². The Labute approximate surface area is 130 Å². The average Bonchev–Trinajstić information content (AvgIpc) is 3.32. The van der Waals surface area contributed by atoms with Crippen LogP contribution in [0, 0.1) is 5.92 Å². The predicted molar refractivity (Wildman–Crippen MR) is 86.4 cm³/mol. The van der Waals surface area contributed by atoms with Gasteiger partial charge in [0.05, 0.1) is 17.4 Å². The summed E-state index contributed by atoms with van der Waals surface area (Å²) < 4.78 is 0. The lowest BCUT2D eigenvalue weighted by atomic mass is 10.2. The number of anilines is 2. The Kier molecular flexibility index (Phi) is 4.09. The molecule has 1 aromatic carbocycles. The number of hydrogen-bond acceptors (Lipinski definition) is 3. The molecule has 2 aliphatic rings. The van der Waals surface area contributed by atoms with Gasteiger partial charge in [0.2, 0.25) is 5.91 Å². The maximum Gasteiger partial charge on any atom is 0.241 e. The van der Waals surface area contributed by atoms with Crippen molar-refractivity contribution < 1.29 is 4.79 Å². The number of carbonyl (C=O) groups excluding carboxylic acids is 1. The van der Waals surface area contributed by atoms with Crippen molar-refractivity contribution in [1.29, 1.82) is 0 Å². The Morgan fingerprint density at radius 2 is 2.14 bits per heavy atom. The number of rotatable bonds is 6. The molecule has 1 amide bonds. The predicted octanol–water partition coefficient (Wildman–Crippen LogP) is 3.12. The first kappa shape index (κ1) is 14.7. The maximum absolute atomic E-state index is 12.5. The highest BCUT2D eigenvalue weighted by Crippen LogP contribution is 2.36. The quantitative estimate of drug-likeness (QED) is 0.794. The van der Waals surface area contributed by atoms with E-state index in [1.54, 1.807) is 18.2 Å². The summed E-state index contributed by atoms with van der Waals surface area (Å²) in [6, 6.07) is 5.59. The van der Waals surface area contributed by atoms with Crippen LogP contribution in [0.2, 0.25) is 5.02 Å². The lowest BCUT2D eigenvalue weighted by molar-refractivity contribution is -0.121. The molecule has 1 aromatic rings. The third-order valence-corrected chi connectivity index (χ3v) is 4.57. The molecule has 0 radical (unpaired) electrons. The molecule has 5 heteroatoms. The van der Waals surface area contributed by atoms with Crippen molar-refractivity contribution in [1.82, 2.24) is 4.90 Å². The molecular formula is C16H22ClN3O. The van der Waals surface area contributed by atoms with Crippen molar-refractivity contribution in [2.45, 2.75) is 44.7 Å². The van der Waals surface area contributed by atoms with E-state index in [-0.39, 0.29) is 11.9 Å². The minimum Gasteiger partial charge on any atom is -0.397 e. The average molecular weight is 308 g/mol. The molecule has 1 unspecified atom stereocenters. The fourth-order valence-electron chi connectivity index (χ4n) is 2.65. The van der Waals surface area contributed by atoms with Crippen LogP contribution in [0.4, 0.5) is 11.4 Å². The van der Waals surface area contributed by atoms with E-state index in [0.717, 1.165) is 12.5 Å². The van der Waals surface area contributed by atoms with E-state index in [0.29, 0.717) is 22.4 Å². The van der Waals surface area contributed by atoms with Gasteiger partial charge in [-0.2, -0.15) is 0 Å². The van der Waals surface area contributed by atoms with E-state index >= 15 is 0 Å². The van der Waals surface area contributed by atoms with Crippen LogP contribution in [-0.4, -0.2) is 29.4 Å². The molecule has 114 valence electrons. The summed E-state index contributed by atoms with van der Waals surface area (Å²) in [5, 5.41) is 3.49. The van der Waals surface area contributed by atoms with Gasteiger partial charge < -0.3 is 11.1 Å². The van der Waals surface area contributed by atoms with Crippen LogP contribution in [0.3, 0.4) is 0 Å². The van der Waals surface area contributed by atoms with E-state index in [2.05, 4.69) is 10.2 Å². The first-order valence-electron chi connectivity index (χ1n) is 7.66. The van der Waals surface area contributed by atoms with Crippen LogP contribution in [0.15, 0.2) is 18.2 Å². The van der Waals surface area contributed by atoms with E-state index in [1.165, 1.54) is 25.7 Å². The Morgan fingerprint density at radius 1 is 1.43 bits per heavy atom. The summed E-state index contributed by atoms with van der Waals surface area (Å²) in [5.41, 5.74) is 7.03. The Hall–Kier alpha value is -1.26. The zero-order valence-corrected chi connectivity index (χ0v) is 13.1. The number of benzene rings is 1. The number of halogens is 1. The van der Waals surface area contributed by atoms with Crippen LogP contribution in [-0.2, 0) is 4.79 Å². The molecule has 0 spiro atoms. The zero-order chi connectivity index (χ0) is 15.0. The monoisotopic (exact) mass is 307 g/mol. The number of nitrogens with two attached hydrogens (primary N) is 1.